The molecule has 0 N–H and O–H groups in total. The second-order valence-electron chi connectivity index (χ2n) is 5.20. The number of halogens is 1. The van der Waals surface area contributed by atoms with Gasteiger partial charge in [0.1, 0.15) is 5.82 Å². The summed E-state index contributed by atoms with van der Waals surface area (Å²) in [4.78, 5) is 7.20. The van der Waals surface area contributed by atoms with E-state index in [1.807, 2.05) is 6.20 Å². The van der Waals surface area contributed by atoms with Crippen LogP contribution in [-0.2, 0) is 5.33 Å². The molecular weight excluding hydrogens is 288 g/mol. The zero-order valence-corrected chi connectivity index (χ0v) is 13.0. The summed E-state index contributed by atoms with van der Waals surface area (Å²) in [5.41, 5.74) is 2.57. The molecular formula is C15H23BrN2. The van der Waals surface area contributed by atoms with E-state index in [2.05, 4.69) is 40.7 Å². The largest absolute Gasteiger partial charge is 0.354 e. The number of pyridine rings is 1. The summed E-state index contributed by atoms with van der Waals surface area (Å²) in [7, 11) is 0. The molecule has 1 heterocycles. The summed E-state index contributed by atoms with van der Waals surface area (Å²) in [5.74, 6) is 1.19. The lowest BCUT2D eigenvalue weighted by Gasteiger charge is -2.35. The number of aromatic nitrogens is 1. The summed E-state index contributed by atoms with van der Waals surface area (Å²) in [6, 6.07) is 2.95. The number of anilines is 1. The van der Waals surface area contributed by atoms with Crippen molar-refractivity contribution in [3.05, 3.63) is 23.4 Å². The fourth-order valence-corrected chi connectivity index (χ4v) is 3.28. The Kier molecular flexibility index (Phi) is 5.04. The second-order valence-corrected chi connectivity index (χ2v) is 5.76. The Morgan fingerprint density at radius 2 is 2.06 bits per heavy atom. The highest BCUT2D eigenvalue weighted by atomic mass is 79.9. The minimum absolute atomic E-state index is 0.699. The Morgan fingerprint density at radius 3 is 2.61 bits per heavy atom. The molecule has 2 rings (SSSR count). The normalized spacial score (nSPS) is 16.8. The fourth-order valence-electron chi connectivity index (χ4n) is 2.97. The van der Waals surface area contributed by atoms with Crippen molar-refractivity contribution in [2.45, 2.75) is 57.3 Å². The first kappa shape index (κ1) is 13.9. The van der Waals surface area contributed by atoms with Gasteiger partial charge in [0.25, 0.3) is 0 Å². The molecule has 0 aliphatic heterocycles. The molecule has 1 aromatic rings. The van der Waals surface area contributed by atoms with Gasteiger partial charge in [-0.05, 0) is 37.8 Å². The average Bonchev–Trinajstić information content (AvgIpc) is 2.42. The molecule has 18 heavy (non-hydrogen) atoms. The van der Waals surface area contributed by atoms with Crippen LogP contribution in [0.1, 0.15) is 50.2 Å². The standard InChI is InChI=1S/C15H23BrN2/c1-3-18(14-7-5-4-6-8-14)15-12(2)9-13(10-16)11-17-15/h9,11,14H,3-8,10H2,1-2H3. The maximum atomic E-state index is 4.69. The van der Waals surface area contributed by atoms with Gasteiger partial charge in [-0.2, -0.15) is 0 Å². The molecule has 1 saturated carbocycles. The average molecular weight is 311 g/mol. The van der Waals surface area contributed by atoms with Gasteiger partial charge in [0.05, 0.1) is 0 Å². The number of alkyl halides is 1. The van der Waals surface area contributed by atoms with Crippen molar-refractivity contribution >= 4 is 21.7 Å². The first-order chi connectivity index (χ1) is 8.76. The van der Waals surface area contributed by atoms with Crippen LogP contribution in [0, 0.1) is 6.92 Å². The van der Waals surface area contributed by atoms with E-state index in [-0.39, 0.29) is 0 Å². The van der Waals surface area contributed by atoms with Gasteiger partial charge in [0, 0.05) is 24.1 Å². The third-order valence-electron chi connectivity index (χ3n) is 3.89. The monoisotopic (exact) mass is 310 g/mol. The predicted molar refractivity (Wildman–Crippen MR) is 81.5 cm³/mol. The van der Waals surface area contributed by atoms with Crippen molar-refractivity contribution in [1.82, 2.24) is 4.98 Å². The van der Waals surface area contributed by atoms with Crippen LogP contribution in [0.2, 0.25) is 0 Å². The third-order valence-corrected chi connectivity index (χ3v) is 4.54. The van der Waals surface area contributed by atoms with E-state index in [0.29, 0.717) is 6.04 Å². The van der Waals surface area contributed by atoms with E-state index in [1.54, 1.807) is 0 Å². The first-order valence-corrected chi connectivity index (χ1v) is 8.16. The molecule has 3 heteroatoms. The fraction of sp³-hybridized carbons (Fsp3) is 0.667. The van der Waals surface area contributed by atoms with Crippen LogP contribution in [0.5, 0.6) is 0 Å². The molecule has 0 bridgehead atoms. The molecule has 1 aliphatic carbocycles. The lowest BCUT2D eigenvalue weighted by atomic mass is 9.94. The summed E-state index contributed by atoms with van der Waals surface area (Å²) in [5, 5.41) is 0.886. The number of hydrogen-bond acceptors (Lipinski definition) is 2. The van der Waals surface area contributed by atoms with Gasteiger partial charge in [-0.15, -0.1) is 0 Å². The Balaban J connectivity index is 2.20. The van der Waals surface area contributed by atoms with Crippen LogP contribution in [0.25, 0.3) is 0 Å². The van der Waals surface area contributed by atoms with Crippen LogP contribution in [0.3, 0.4) is 0 Å². The molecule has 100 valence electrons. The van der Waals surface area contributed by atoms with Crippen molar-refractivity contribution in [2.24, 2.45) is 0 Å². The summed E-state index contributed by atoms with van der Waals surface area (Å²) < 4.78 is 0. The number of nitrogens with zero attached hydrogens (tertiary/aromatic N) is 2. The van der Waals surface area contributed by atoms with Crippen molar-refractivity contribution in [2.75, 3.05) is 11.4 Å². The van der Waals surface area contributed by atoms with Gasteiger partial charge in [-0.3, -0.25) is 0 Å². The van der Waals surface area contributed by atoms with Crippen LogP contribution in [-0.4, -0.2) is 17.6 Å². The van der Waals surface area contributed by atoms with Crippen LogP contribution >= 0.6 is 15.9 Å². The predicted octanol–water partition coefficient (Wildman–Crippen LogP) is 4.44. The van der Waals surface area contributed by atoms with E-state index < -0.39 is 0 Å². The molecule has 0 amide bonds. The Hall–Kier alpha value is -0.570. The van der Waals surface area contributed by atoms with Gasteiger partial charge in [0.15, 0.2) is 0 Å². The van der Waals surface area contributed by atoms with Crippen molar-refractivity contribution in [1.29, 1.82) is 0 Å². The molecule has 0 saturated heterocycles. The van der Waals surface area contributed by atoms with Gasteiger partial charge < -0.3 is 4.90 Å². The van der Waals surface area contributed by atoms with E-state index >= 15 is 0 Å². The van der Waals surface area contributed by atoms with E-state index in [9.17, 15) is 0 Å². The minimum atomic E-state index is 0.699. The summed E-state index contributed by atoms with van der Waals surface area (Å²) in [6.07, 6.45) is 8.81. The van der Waals surface area contributed by atoms with Crippen molar-refractivity contribution in [3.8, 4) is 0 Å². The molecule has 2 nitrogen and oxygen atoms in total. The van der Waals surface area contributed by atoms with E-state index in [1.165, 1.54) is 49.0 Å². The smallest absolute Gasteiger partial charge is 0.131 e. The molecule has 1 fully saturated rings. The number of hydrogen-bond donors (Lipinski definition) is 0. The summed E-state index contributed by atoms with van der Waals surface area (Å²) in [6.45, 7) is 5.49. The molecule has 0 spiro atoms. The van der Waals surface area contributed by atoms with E-state index in [0.717, 1.165) is 11.9 Å². The van der Waals surface area contributed by atoms with Crippen molar-refractivity contribution < 1.29 is 0 Å². The van der Waals surface area contributed by atoms with Crippen LogP contribution in [0.15, 0.2) is 12.3 Å². The van der Waals surface area contributed by atoms with Gasteiger partial charge in [-0.25, -0.2) is 4.98 Å². The Morgan fingerprint density at radius 1 is 1.33 bits per heavy atom. The van der Waals surface area contributed by atoms with Crippen LogP contribution in [0.4, 0.5) is 5.82 Å². The van der Waals surface area contributed by atoms with E-state index in [4.69, 9.17) is 4.98 Å². The quantitative estimate of drug-likeness (QED) is 0.764. The SMILES string of the molecule is CCN(c1ncc(CBr)cc1C)C1CCCCC1. The maximum absolute atomic E-state index is 4.69. The Bertz CT molecular complexity index is 386. The molecule has 1 aliphatic rings. The van der Waals surface area contributed by atoms with Gasteiger partial charge >= 0.3 is 0 Å². The van der Waals surface area contributed by atoms with Gasteiger partial charge in [0.2, 0.25) is 0 Å². The summed E-state index contributed by atoms with van der Waals surface area (Å²) >= 11 is 3.49. The lowest BCUT2D eigenvalue weighted by molar-refractivity contribution is 0.416. The first-order valence-electron chi connectivity index (χ1n) is 7.04. The highest BCUT2D eigenvalue weighted by molar-refractivity contribution is 9.08. The zero-order chi connectivity index (χ0) is 13.0. The second kappa shape index (κ2) is 6.55. The van der Waals surface area contributed by atoms with Crippen molar-refractivity contribution in [3.63, 3.8) is 0 Å². The lowest BCUT2D eigenvalue weighted by Crippen LogP contribution is -2.37. The third kappa shape index (κ3) is 3.05. The van der Waals surface area contributed by atoms with Crippen LogP contribution < -0.4 is 4.90 Å². The highest BCUT2D eigenvalue weighted by Gasteiger charge is 2.22. The minimum Gasteiger partial charge on any atom is -0.354 e. The Labute approximate surface area is 119 Å². The number of rotatable bonds is 4. The zero-order valence-electron chi connectivity index (χ0n) is 11.5. The number of aryl methyl sites for hydroxylation is 1. The molecule has 0 unspecified atom stereocenters. The maximum Gasteiger partial charge on any atom is 0.131 e. The molecule has 1 aromatic heterocycles. The molecule has 0 radical (unpaired) electrons. The van der Waals surface area contributed by atoms with Gasteiger partial charge in [-0.1, -0.05) is 41.3 Å². The molecule has 0 atom stereocenters. The molecule has 0 aromatic carbocycles. The topological polar surface area (TPSA) is 16.1 Å². The highest BCUT2D eigenvalue weighted by Crippen LogP contribution is 2.28.